The molecule has 248 valence electrons. The summed E-state index contributed by atoms with van der Waals surface area (Å²) in [5.74, 6) is 1.94. The molecule has 0 bridgehead atoms. The SMILES string of the molecule is C[SiH-]1(C)c2ccc(-c3nc(-c4ccccc4)nc(-c4ccc5oc6cc(-c7ccccc7)ccc6c5c4)n3)cc2-c2ccc(-c3ccccc3)cc21. The Morgan fingerprint density at radius 1 is 0.365 bits per heavy atom. The van der Waals surface area contributed by atoms with E-state index in [1.807, 2.05) is 30.3 Å². The molecule has 1 aliphatic rings. The van der Waals surface area contributed by atoms with Crippen LogP contribution in [-0.4, -0.2) is 23.0 Å². The topological polar surface area (TPSA) is 51.8 Å². The molecule has 0 N–H and O–H groups in total. The molecular formula is C47H34N3OSi-. The number of hydrogen-bond donors (Lipinski definition) is 0. The van der Waals surface area contributed by atoms with Crippen LogP contribution in [0.1, 0.15) is 0 Å². The first kappa shape index (κ1) is 30.4. The summed E-state index contributed by atoms with van der Waals surface area (Å²) >= 11 is 0. The number of hydrogen-bond acceptors (Lipinski definition) is 4. The van der Waals surface area contributed by atoms with Gasteiger partial charge in [0.2, 0.25) is 0 Å². The zero-order valence-electron chi connectivity index (χ0n) is 28.9. The normalized spacial score (nSPS) is 13.6. The van der Waals surface area contributed by atoms with E-state index in [-0.39, 0.29) is 0 Å². The van der Waals surface area contributed by atoms with Gasteiger partial charge in [0.25, 0.3) is 0 Å². The molecule has 0 saturated carbocycles. The minimum absolute atomic E-state index is 0.631. The van der Waals surface area contributed by atoms with Gasteiger partial charge >= 0.3 is 251 Å². The van der Waals surface area contributed by atoms with E-state index in [0.29, 0.717) is 17.5 Å². The average Bonchev–Trinajstić information content (AvgIpc) is 3.68. The van der Waals surface area contributed by atoms with Crippen LogP contribution in [0.5, 0.6) is 0 Å². The van der Waals surface area contributed by atoms with Crippen molar-refractivity contribution < 1.29 is 4.42 Å². The monoisotopic (exact) mass is 684 g/mol. The molecule has 7 aromatic carbocycles. The van der Waals surface area contributed by atoms with Gasteiger partial charge in [0.1, 0.15) is 0 Å². The summed E-state index contributed by atoms with van der Waals surface area (Å²) in [5, 5.41) is 5.07. The summed E-state index contributed by atoms with van der Waals surface area (Å²) in [6, 6.07) is 57.7. The summed E-state index contributed by atoms with van der Waals surface area (Å²) in [6.45, 7) is 4.97. The number of furan rings is 1. The molecule has 9 aromatic rings. The minimum atomic E-state index is -2.28. The van der Waals surface area contributed by atoms with E-state index in [0.717, 1.165) is 49.8 Å². The van der Waals surface area contributed by atoms with E-state index in [4.69, 9.17) is 19.4 Å². The first-order valence-electron chi connectivity index (χ1n) is 17.9. The zero-order chi connectivity index (χ0) is 34.8. The van der Waals surface area contributed by atoms with Crippen molar-refractivity contribution in [2.75, 3.05) is 0 Å². The first-order chi connectivity index (χ1) is 25.5. The number of rotatable bonds is 5. The third-order valence-electron chi connectivity index (χ3n) is 10.8. The second-order valence-electron chi connectivity index (χ2n) is 14.4. The molecule has 0 amide bonds. The van der Waals surface area contributed by atoms with Crippen LogP contribution in [0.25, 0.3) is 89.5 Å². The molecule has 1 aliphatic heterocycles. The van der Waals surface area contributed by atoms with E-state index in [2.05, 4.69) is 147 Å². The van der Waals surface area contributed by atoms with Crippen molar-refractivity contribution in [1.82, 2.24) is 15.0 Å². The Hall–Kier alpha value is -6.43. The van der Waals surface area contributed by atoms with Gasteiger partial charge in [-0.1, -0.05) is 36.4 Å². The fraction of sp³-hybridized carbons (Fsp3) is 0.0426. The second kappa shape index (κ2) is 11.8. The molecule has 3 heterocycles. The summed E-state index contributed by atoms with van der Waals surface area (Å²) in [7, 11) is -2.28. The van der Waals surface area contributed by atoms with Crippen molar-refractivity contribution in [3.63, 3.8) is 0 Å². The molecular weight excluding hydrogens is 651 g/mol. The fourth-order valence-electron chi connectivity index (χ4n) is 8.02. The Bertz CT molecular complexity index is 2810. The third-order valence-corrected chi connectivity index (χ3v) is 14.9. The van der Waals surface area contributed by atoms with Crippen LogP contribution in [0, 0.1) is 0 Å². The summed E-state index contributed by atoms with van der Waals surface area (Å²) < 4.78 is 6.36. The van der Waals surface area contributed by atoms with Gasteiger partial charge in [0.15, 0.2) is 0 Å². The summed E-state index contributed by atoms with van der Waals surface area (Å²) in [5.41, 5.74) is 12.0. The number of nitrogens with zero attached hydrogens (tertiary/aromatic N) is 3. The first-order valence-corrected chi connectivity index (χ1v) is 21.4. The van der Waals surface area contributed by atoms with Crippen LogP contribution in [-0.2, 0) is 0 Å². The van der Waals surface area contributed by atoms with Crippen molar-refractivity contribution in [3.8, 4) is 67.5 Å². The van der Waals surface area contributed by atoms with Crippen LogP contribution in [0.3, 0.4) is 0 Å². The van der Waals surface area contributed by atoms with Crippen LogP contribution in [0.2, 0.25) is 13.1 Å². The maximum absolute atomic E-state index is 6.36. The van der Waals surface area contributed by atoms with Gasteiger partial charge in [-0.05, 0) is 17.2 Å². The van der Waals surface area contributed by atoms with E-state index >= 15 is 0 Å². The van der Waals surface area contributed by atoms with E-state index in [9.17, 15) is 0 Å². The summed E-state index contributed by atoms with van der Waals surface area (Å²) in [4.78, 5) is 15.3. The second-order valence-corrected chi connectivity index (χ2v) is 19.4. The predicted octanol–water partition coefficient (Wildman–Crippen LogP) is 10.6. The van der Waals surface area contributed by atoms with Crippen LogP contribution in [0.4, 0.5) is 0 Å². The molecule has 2 aromatic heterocycles. The molecule has 4 nitrogen and oxygen atoms in total. The van der Waals surface area contributed by atoms with E-state index < -0.39 is 8.07 Å². The van der Waals surface area contributed by atoms with E-state index in [1.165, 1.54) is 32.6 Å². The molecule has 0 radical (unpaired) electrons. The molecule has 0 spiro atoms. The molecule has 0 fully saturated rings. The van der Waals surface area contributed by atoms with Crippen molar-refractivity contribution >= 4 is 40.4 Å². The Labute approximate surface area is 303 Å². The molecule has 52 heavy (non-hydrogen) atoms. The van der Waals surface area contributed by atoms with Crippen molar-refractivity contribution in [2.45, 2.75) is 13.1 Å². The maximum atomic E-state index is 6.36. The van der Waals surface area contributed by atoms with Gasteiger partial charge in [0, 0.05) is 0 Å². The van der Waals surface area contributed by atoms with Crippen LogP contribution < -0.4 is 10.4 Å². The number of fused-ring (bicyclic) bond motifs is 6. The molecule has 10 rings (SSSR count). The Morgan fingerprint density at radius 2 is 0.904 bits per heavy atom. The molecule has 5 heteroatoms. The fourth-order valence-corrected chi connectivity index (χ4v) is 11.6. The Kier molecular flexibility index (Phi) is 6.91. The molecule has 0 saturated heterocycles. The molecule has 0 atom stereocenters. The van der Waals surface area contributed by atoms with Crippen LogP contribution >= 0.6 is 0 Å². The van der Waals surface area contributed by atoms with Crippen molar-refractivity contribution in [3.05, 3.63) is 164 Å². The van der Waals surface area contributed by atoms with Crippen molar-refractivity contribution in [1.29, 1.82) is 0 Å². The zero-order valence-corrected chi connectivity index (χ0v) is 30.1. The third kappa shape index (κ3) is 5.01. The van der Waals surface area contributed by atoms with Gasteiger partial charge < -0.3 is 0 Å². The quantitative estimate of drug-likeness (QED) is 0.169. The van der Waals surface area contributed by atoms with E-state index in [1.54, 1.807) is 0 Å². The van der Waals surface area contributed by atoms with Gasteiger partial charge in [-0.3, -0.25) is 0 Å². The van der Waals surface area contributed by atoms with Crippen molar-refractivity contribution in [2.24, 2.45) is 0 Å². The summed E-state index contributed by atoms with van der Waals surface area (Å²) in [6.07, 6.45) is 0. The average molecular weight is 685 g/mol. The van der Waals surface area contributed by atoms with Gasteiger partial charge in [-0.25, -0.2) is 0 Å². The van der Waals surface area contributed by atoms with Gasteiger partial charge in [-0.15, -0.1) is 0 Å². The molecule has 0 aliphatic carbocycles. The molecule has 0 unspecified atom stereocenters. The number of aromatic nitrogens is 3. The predicted molar refractivity (Wildman–Crippen MR) is 218 cm³/mol. The Morgan fingerprint density at radius 3 is 1.58 bits per heavy atom. The number of benzene rings is 7. The van der Waals surface area contributed by atoms with Gasteiger partial charge in [-0.2, -0.15) is 0 Å². The van der Waals surface area contributed by atoms with Crippen LogP contribution in [0.15, 0.2) is 168 Å². The van der Waals surface area contributed by atoms with Gasteiger partial charge in [0.05, 0.1) is 0 Å². The standard InChI is InChI=1S/C47H34N3OSi/c1-52(2)43-25-21-36(27-40(43)38-23-19-34(29-44(38)52)31-14-8-4-9-15-31)47-49-45(32-16-10-5-11-17-32)48-46(50-47)35-20-24-41-39(26-35)37-22-18-33(28-42(37)51-41)30-12-6-3-7-13-30/h3-29,52H,1-2H3/q-1. The Balaban J connectivity index is 1.09.